The molecule has 0 aliphatic heterocycles. The molecule has 6 nitrogen and oxygen atoms in total. The fraction of sp³-hybridized carbons (Fsp3) is 0.776. The summed E-state index contributed by atoms with van der Waals surface area (Å²) in [5.41, 5.74) is 0. The first kappa shape index (κ1) is 78.6. The highest BCUT2D eigenvalue weighted by molar-refractivity contribution is 5.71. The lowest BCUT2D eigenvalue weighted by molar-refractivity contribution is -0.167. The molecule has 0 fully saturated rings. The standard InChI is InChI=1S/C76H134O6/c1-4-7-10-13-16-18-20-22-24-26-28-30-32-33-34-35-36-37-38-39-40-41-42-43-45-46-48-50-52-54-56-58-60-63-66-69-75(78)81-72-73(71-80-74(77)68-65-62-15-12-9-6-3)82-76(79)70-67-64-61-59-57-55-53-51-49-47-44-31-29-27-25-23-21-19-17-14-11-8-5-2/h8,11,17,19,23,25-26,28-29,31,47,49,53,55,73H,4-7,9-10,12-16,18,20-22,24,27,30,32-46,48,50-52,54,56-72H2,1-3H3/b11-8-,19-17-,25-23-,28-26-,31-29-,49-47-,55-53-. The molecule has 82 heavy (non-hydrogen) atoms. The number of hydrogen-bond acceptors (Lipinski definition) is 6. The third-order valence-electron chi connectivity index (χ3n) is 15.6. The normalized spacial score (nSPS) is 12.6. The number of ether oxygens (including phenoxy) is 3. The van der Waals surface area contributed by atoms with Crippen LogP contribution in [0.15, 0.2) is 85.1 Å². The summed E-state index contributed by atoms with van der Waals surface area (Å²) in [4.78, 5) is 38.1. The van der Waals surface area contributed by atoms with Crippen LogP contribution in [0.4, 0.5) is 0 Å². The third kappa shape index (κ3) is 67.4. The van der Waals surface area contributed by atoms with E-state index in [4.69, 9.17) is 14.2 Å². The van der Waals surface area contributed by atoms with Gasteiger partial charge in [-0.1, -0.05) is 331 Å². The van der Waals surface area contributed by atoms with Gasteiger partial charge in [-0.05, 0) is 96.3 Å². The number of unbranched alkanes of at least 4 members (excludes halogenated alkanes) is 40. The molecule has 0 amide bonds. The Labute approximate surface area is 509 Å². The summed E-state index contributed by atoms with van der Waals surface area (Å²) in [6.45, 7) is 6.48. The molecule has 0 aromatic rings. The van der Waals surface area contributed by atoms with E-state index in [1.165, 1.54) is 212 Å². The first-order valence-corrected chi connectivity index (χ1v) is 35.6. The fourth-order valence-corrected chi connectivity index (χ4v) is 10.3. The molecule has 0 saturated carbocycles. The molecule has 0 aromatic carbocycles. The minimum Gasteiger partial charge on any atom is -0.462 e. The summed E-state index contributed by atoms with van der Waals surface area (Å²) in [6.07, 6.45) is 93.9. The quantitative estimate of drug-likeness (QED) is 0.0261. The molecule has 0 radical (unpaired) electrons. The predicted octanol–water partition coefficient (Wildman–Crippen LogP) is 24.6. The maximum absolute atomic E-state index is 12.9. The molecule has 6 heteroatoms. The van der Waals surface area contributed by atoms with E-state index in [2.05, 4.69) is 106 Å². The maximum Gasteiger partial charge on any atom is 0.306 e. The zero-order valence-electron chi connectivity index (χ0n) is 54.5. The van der Waals surface area contributed by atoms with E-state index in [9.17, 15) is 14.4 Å². The molecular weight excluding hydrogens is 1010 g/mol. The largest absolute Gasteiger partial charge is 0.462 e. The molecule has 0 spiro atoms. The minimum absolute atomic E-state index is 0.0840. The lowest BCUT2D eigenvalue weighted by atomic mass is 10.0. The van der Waals surface area contributed by atoms with Crippen LogP contribution in [0.5, 0.6) is 0 Å². The van der Waals surface area contributed by atoms with Crippen LogP contribution in [0.25, 0.3) is 0 Å². The average Bonchev–Trinajstić information content (AvgIpc) is 3.47. The summed E-state index contributed by atoms with van der Waals surface area (Å²) in [7, 11) is 0. The first-order valence-electron chi connectivity index (χ1n) is 35.6. The van der Waals surface area contributed by atoms with Crippen molar-refractivity contribution in [3.05, 3.63) is 85.1 Å². The Morgan fingerprint density at radius 2 is 0.476 bits per heavy atom. The average molecular weight is 1140 g/mol. The first-order chi connectivity index (χ1) is 40.5. The van der Waals surface area contributed by atoms with E-state index in [-0.39, 0.29) is 31.1 Å². The zero-order valence-corrected chi connectivity index (χ0v) is 54.5. The van der Waals surface area contributed by atoms with Gasteiger partial charge in [0.15, 0.2) is 6.10 Å². The molecular formula is C76H134O6. The highest BCUT2D eigenvalue weighted by Gasteiger charge is 2.19. The van der Waals surface area contributed by atoms with Gasteiger partial charge < -0.3 is 14.2 Å². The lowest BCUT2D eigenvalue weighted by Gasteiger charge is -2.18. The molecule has 0 bridgehead atoms. The minimum atomic E-state index is -0.787. The van der Waals surface area contributed by atoms with Crippen molar-refractivity contribution in [3.63, 3.8) is 0 Å². The number of allylic oxidation sites excluding steroid dienone is 14. The molecule has 0 aliphatic rings. The predicted molar refractivity (Wildman–Crippen MR) is 358 cm³/mol. The Kier molecular flexibility index (Phi) is 67.2. The van der Waals surface area contributed by atoms with Crippen molar-refractivity contribution >= 4 is 17.9 Å². The summed E-state index contributed by atoms with van der Waals surface area (Å²) >= 11 is 0. The Morgan fingerprint density at radius 3 is 0.756 bits per heavy atom. The van der Waals surface area contributed by atoms with Crippen LogP contribution in [-0.2, 0) is 28.6 Å². The van der Waals surface area contributed by atoms with Crippen LogP contribution in [0.3, 0.4) is 0 Å². The summed E-state index contributed by atoms with van der Waals surface area (Å²) in [5.74, 6) is -0.905. The summed E-state index contributed by atoms with van der Waals surface area (Å²) in [6, 6.07) is 0. The summed E-state index contributed by atoms with van der Waals surface area (Å²) in [5, 5.41) is 0. The molecule has 0 N–H and O–H groups in total. The van der Waals surface area contributed by atoms with Gasteiger partial charge in [-0.15, -0.1) is 0 Å². The van der Waals surface area contributed by atoms with Crippen LogP contribution in [0, 0.1) is 0 Å². The van der Waals surface area contributed by atoms with Crippen molar-refractivity contribution in [1.29, 1.82) is 0 Å². The SMILES string of the molecule is CC/C=C\C/C=C\C/C=C\C/C=C\C/C=C\C/C=C\CCCCCCC(=O)OC(COC(=O)CCCCCCCC)COC(=O)CCCCCCCCCCCCCCCCCCCCCCCCC/C=C\CCCCCCCCCC. The van der Waals surface area contributed by atoms with E-state index in [0.717, 1.165) is 109 Å². The monoisotopic (exact) mass is 1140 g/mol. The Hall–Kier alpha value is -3.41. The lowest BCUT2D eigenvalue weighted by Crippen LogP contribution is -2.30. The van der Waals surface area contributed by atoms with Gasteiger partial charge in [0.1, 0.15) is 13.2 Å². The number of carbonyl (C=O) groups is 3. The van der Waals surface area contributed by atoms with Gasteiger partial charge in [-0.2, -0.15) is 0 Å². The van der Waals surface area contributed by atoms with Crippen molar-refractivity contribution in [2.24, 2.45) is 0 Å². The van der Waals surface area contributed by atoms with Crippen molar-refractivity contribution in [2.75, 3.05) is 13.2 Å². The Bertz CT molecular complexity index is 1550. The Morgan fingerprint density at radius 1 is 0.256 bits per heavy atom. The van der Waals surface area contributed by atoms with Crippen LogP contribution in [0.2, 0.25) is 0 Å². The van der Waals surface area contributed by atoms with E-state index < -0.39 is 6.10 Å². The molecule has 474 valence electrons. The zero-order chi connectivity index (χ0) is 59.2. The third-order valence-corrected chi connectivity index (χ3v) is 15.6. The topological polar surface area (TPSA) is 78.9 Å². The van der Waals surface area contributed by atoms with Crippen LogP contribution in [0.1, 0.15) is 361 Å². The van der Waals surface area contributed by atoms with Crippen LogP contribution >= 0.6 is 0 Å². The summed E-state index contributed by atoms with van der Waals surface area (Å²) < 4.78 is 16.8. The van der Waals surface area contributed by atoms with E-state index in [1.54, 1.807) is 0 Å². The van der Waals surface area contributed by atoms with Crippen molar-refractivity contribution in [3.8, 4) is 0 Å². The number of esters is 3. The van der Waals surface area contributed by atoms with Gasteiger partial charge in [0.2, 0.25) is 0 Å². The molecule has 0 aromatic heterocycles. The van der Waals surface area contributed by atoms with E-state index >= 15 is 0 Å². The smallest absolute Gasteiger partial charge is 0.306 e. The van der Waals surface area contributed by atoms with Gasteiger partial charge in [-0.3, -0.25) is 14.4 Å². The molecule has 0 aliphatic carbocycles. The van der Waals surface area contributed by atoms with E-state index in [1.807, 2.05) is 0 Å². The van der Waals surface area contributed by atoms with Crippen LogP contribution in [-0.4, -0.2) is 37.2 Å². The molecule has 1 atom stereocenters. The van der Waals surface area contributed by atoms with Gasteiger partial charge in [-0.25, -0.2) is 0 Å². The van der Waals surface area contributed by atoms with Gasteiger partial charge >= 0.3 is 17.9 Å². The van der Waals surface area contributed by atoms with E-state index in [0.29, 0.717) is 19.3 Å². The van der Waals surface area contributed by atoms with Gasteiger partial charge in [0, 0.05) is 19.3 Å². The van der Waals surface area contributed by atoms with Gasteiger partial charge in [0.25, 0.3) is 0 Å². The second-order valence-electron chi connectivity index (χ2n) is 23.8. The van der Waals surface area contributed by atoms with Crippen LogP contribution < -0.4 is 0 Å². The molecule has 0 rings (SSSR count). The number of rotatable bonds is 65. The second-order valence-corrected chi connectivity index (χ2v) is 23.8. The van der Waals surface area contributed by atoms with Crippen molar-refractivity contribution in [1.82, 2.24) is 0 Å². The second kappa shape index (κ2) is 70.1. The number of hydrogen-bond donors (Lipinski definition) is 0. The van der Waals surface area contributed by atoms with Gasteiger partial charge in [0.05, 0.1) is 0 Å². The molecule has 1 unspecified atom stereocenters. The maximum atomic E-state index is 12.9. The Balaban J connectivity index is 3.98. The van der Waals surface area contributed by atoms with Crippen molar-refractivity contribution in [2.45, 2.75) is 367 Å². The number of carbonyl (C=O) groups excluding carboxylic acids is 3. The highest BCUT2D eigenvalue weighted by Crippen LogP contribution is 2.18. The molecule has 0 saturated heterocycles. The fourth-order valence-electron chi connectivity index (χ4n) is 10.3. The highest BCUT2D eigenvalue weighted by atomic mass is 16.6. The van der Waals surface area contributed by atoms with Crippen molar-refractivity contribution < 1.29 is 28.6 Å². The molecule has 0 heterocycles.